The van der Waals surface area contributed by atoms with Gasteiger partial charge in [0, 0.05) is 12.8 Å². The topological polar surface area (TPSA) is 356 Å². The fourth-order valence-electron chi connectivity index (χ4n) is 5.80. The molecule has 0 aromatic heterocycles. The number of rotatable bonds is 29. The minimum atomic E-state index is -1.75. The third kappa shape index (κ3) is 21.8. The van der Waals surface area contributed by atoms with Gasteiger partial charge in [-0.2, -0.15) is 0 Å². The molecule has 0 saturated carbocycles. The van der Waals surface area contributed by atoms with Crippen molar-refractivity contribution in [2.45, 2.75) is 155 Å². The van der Waals surface area contributed by atoms with Crippen LogP contribution in [0.3, 0.4) is 0 Å². The van der Waals surface area contributed by atoms with Crippen molar-refractivity contribution < 1.29 is 63.3 Å². The van der Waals surface area contributed by atoms with Gasteiger partial charge < -0.3 is 58.7 Å². The second-order valence-corrected chi connectivity index (χ2v) is 16.0. The van der Waals surface area contributed by atoms with Crippen LogP contribution in [-0.2, 0) is 47.9 Å². The zero-order chi connectivity index (χ0) is 45.7. The van der Waals surface area contributed by atoms with E-state index in [1.807, 2.05) is 13.8 Å². The van der Waals surface area contributed by atoms with E-state index < -0.39 is 140 Å². The molecule has 0 aromatic rings. The Morgan fingerprint density at radius 2 is 0.898 bits per heavy atom. The van der Waals surface area contributed by atoms with Gasteiger partial charge in [0.1, 0.15) is 36.3 Å². The van der Waals surface area contributed by atoms with Gasteiger partial charge in [-0.1, -0.05) is 61.8 Å². The van der Waals surface area contributed by atoms with E-state index in [0.717, 1.165) is 0 Å². The van der Waals surface area contributed by atoms with Gasteiger partial charge in [-0.05, 0) is 55.8 Å². The maximum Gasteiger partial charge on any atom is 0.326 e. The molecule has 21 heteroatoms. The van der Waals surface area contributed by atoms with Crippen molar-refractivity contribution in [2.24, 2.45) is 35.1 Å². The second-order valence-electron chi connectivity index (χ2n) is 16.0. The Balaban J connectivity index is 6.51. The molecule has 0 bridgehead atoms. The molecule has 0 heterocycles. The van der Waals surface area contributed by atoms with Crippen molar-refractivity contribution >= 4 is 59.3 Å². The van der Waals surface area contributed by atoms with Crippen LogP contribution in [0.25, 0.3) is 0 Å². The third-order valence-corrected chi connectivity index (χ3v) is 9.12. The van der Waals surface area contributed by atoms with Gasteiger partial charge >= 0.3 is 17.9 Å². The molecule has 0 unspecified atom stereocenters. The molecule has 0 fully saturated rings. The van der Waals surface area contributed by atoms with E-state index in [1.54, 1.807) is 41.5 Å². The van der Waals surface area contributed by atoms with Crippen molar-refractivity contribution in [3.8, 4) is 0 Å². The lowest BCUT2D eigenvalue weighted by molar-refractivity contribution is -0.143. The fraction of sp³-hybridized carbons (Fsp3) is 0.737. The van der Waals surface area contributed by atoms with E-state index in [9.17, 15) is 63.3 Å². The lowest BCUT2D eigenvalue weighted by atomic mass is 9.96. The first kappa shape index (κ1) is 53.7. The van der Waals surface area contributed by atoms with Gasteiger partial charge in [-0.25, -0.2) is 4.79 Å². The summed E-state index contributed by atoms with van der Waals surface area (Å²) < 4.78 is 0. The third-order valence-electron chi connectivity index (χ3n) is 9.12. The van der Waals surface area contributed by atoms with Crippen LogP contribution in [0.2, 0.25) is 0 Å². The standard InChI is InChI=1S/C38H66N8O13/c1-9-21(8)31(46-32(52)22(39)14-18(2)3)37(57)44-26(17-30(50)51)36(56)43-25(15-19(4)5)35(55)42-23(10-12-28(40)47)33(53)41-24(11-13-29(48)49)34(54)45-27(38(58)59)16-20(6)7/h18-27,31H,9-17,39H2,1-8H3,(H2,40,47)(H,41,53)(H,42,55)(H,43,56)(H,44,57)(H,45,54)(H,46,52)(H,48,49)(H,50,51)(H,58,59)/t21-,22-,23-,24-,25-,26-,27-,31-/m0/s1. The largest absolute Gasteiger partial charge is 0.481 e. The average molecular weight is 843 g/mol. The van der Waals surface area contributed by atoms with Crippen molar-refractivity contribution in [3.05, 3.63) is 0 Å². The van der Waals surface area contributed by atoms with Crippen molar-refractivity contribution in [1.82, 2.24) is 31.9 Å². The maximum atomic E-state index is 13.8. The predicted octanol–water partition coefficient (Wildman–Crippen LogP) is -0.904. The molecule has 336 valence electrons. The number of carbonyl (C=O) groups is 10. The maximum absolute atomic E-state index is 13.8. The van der Waals surface area contributed by atoms with Crippen LogP contribution in [0, 0.1) is 23.7 Å². The van der Waals surface area contributed by atoms with Gasteiger partial charge in [0.2, 0.25) is 41.4 Å². The fourth-order valence-corrected chi connectivity index (χ4v) is 5.80. The highest BCUT2D eigenvalue weighted by molar-refractivity contribution is 5.98. The Bertz CT molecular complexity index is 1490. The van der Waals surface area contributed by atoms with Gasteiger partial charge in [0.25, 0.3) is 0 Å². The molecule has 21 nitrogen and oxygen atoms in total. The Morgan fingerprint density at radius 3 is 1.32 bits per heavy atom. The SMILES string of the molecule is CC[C@H](C)[C@H](NC(=O)[C@@H](N)CC(C)C)C(=O)N[C@@H](CC(=O)O)C(=O)N[C@@H](CC(C)C)C(=O)N[C@@H](CCC(N)=O)C(=O)N[C@@H](CCC(=O)O)C(=O)N[C@@H](CC(C)C)C(=O)O. The highest BCUT2D eigenvalue weighted by Crippen LogP contribution is 2.13. The van der Waals surface area contributed by atoms with Gasteiger partial charge in [-0.15, -0.1) is 0 Å². The molecule has 0 aromatic carbocycles. The Kier molecular flexibility index (Phi) is 24.2. The zero-order valence-corrected chi connectivity index (χ0v) is 35.3. The molecule has 8 atom stereocenters. The normalized spacial score (nSPS) is 15.3. The number of nitrogens with two attached hydrogens (primary N) is 2. The van der Waals surface area contributed by atoms with E-state index in [1.165, 1.54) is 0 Å². The molecule has 0 aliphatic carbocycles. The summed E-state index contributed by atoms with van der Waals surface area (Å²) in [5.74, 6) is -11.6. The van der Waals surface area contributed by atoms with E-state index in [4.69, 9.17) is 11.5 Å². The number of aliphatic carboxylic acids is 3. The van der Waals surface area contributed by atoms with Gasteiger partial charge in [0.15, 0.2) is 0 Å². The smallest absolute Gasteiger partial charge is 0.326 e. The van der Waals surface area contributed by atoms with Crippen LogP contribution < -0.4 is 43.4 Å². The Labute approximate surface area is 344 Å². The summed E-state index contributed by atoms with van der Waals surface area (Å²) in [5, 5.41) is 42.9. The lowest BCUT2D eigenvalue weighted by Crippen LogP contribution is -2.60. The van der Waals surface area contributed by atoms with Crippen molar-refractivity contribution in [2.75, 3.05) is 0 Å². The van der Waals surface area contributed by atoms with E-state index in [-0.39, 0.29) is 30.6 Å². The Hall–Kier alpha value is -5.34. The zero-order valence-electron chi connectivity index (χ0n) is 35.3. The predicted molar refractivity (Wildman–Crippen MR) is 213 cm³/mol. The van der Waals surface area contributed by atoms with Crippen LogP contribution in [0.4, 0.5) is 0 Å². The number of hydrogen-bond donors (Lipinski definition) is 11. The van der Waals surface area contributed by atoms with Crippen LogP contribution in [0.1, 0.15) is 113 Å². The lowest BCUT2D eigenvalue weighted by Gasteiger charge is -2.29. The minimum absolute atomic E-state index is 0.0140. The quantitative estimate of drug-likeness (QED) is 0.0435. The minimum Gasteiger partial charge on any atom is -0.481 e. The van der Waals surface area contributed by atoms with Crippen LogP contribution >= 0.6 is 0 Å². The van der Waals surface area contributed by atoms with Crippen LogP contribution in [0.5, 0.6) is 0 Å². The molecule has 0 rings (SSSR count). The molecular formula is C38H66N8O13. The number of hydrogen-bond acceptors (Lipinski definition) is 11. The summed E-state index contributed by atoms with van der Waals surface area (Å²) >= 11 is 0. The van der Waals surface area contributed by atoms with Crippen molar-refractivity contribution in [3.63, 3.8) is 0 Å². The molecule has 0 aliphatic heterocycles. The summed E-state index contributed by atoms with van der Waals surface area (Å²) in [4.78, 5) is 127. The summed E-state index contributed by atoms with van der Waals surface area (Å²) in [6.07, 6.45) is -2.24. The summed E-state index contributed by atoms with van der Waals surface area (Å²) in [5.41, 5.74) is 11.3. The first-order chi connectivity index (χ1) is 27.3. The van der Waals surface area contributed by atoms with E-state index in [0.29, 0.717) is 12.8 Å². The summed E-state index contributed by atoms with van der Waals surface area (Å²) in [7, 11) is 0. The summed E-state index contributed by atoms with van der Waals surface area (Å²) in [6, 6.07) is -9.93. The van der Waals surface area contributed by atoms with E-state index >= 15 is 0 Å². The number of carbonyl (C=O) groups excluding carboxylic acids is 7. The molecule has 7 amide bonds. The molecular weight excluding hydrogens is 776 g/mol. The second kappa shape index (κ2) is 26.6. The highest BCUT2D eigenvalue weighted by atomic mass is 16.4. The first-order valence-electron chi connectivity index (χ1n) is 19.8. The molecule has 59 heavy (non-hydrogen) atoms. The van der Waals surface area contributed by atoms with Crippen molar-refractivity contribution in [1.29, 1.82) is 0 Å². The van der Waals surface area contributed by atoms with Crippen LogP contribution in [-0.4, -0.2) is 117 Å². The molecule has 0 spiro atoms. The number of carboxylic acids is 3. The van der Waals surface area contributed by atoms with E-state index in [2.05, 4.69) is 31.9 Å². The molecule has 0 saturated heterocycles. The number of nitrogens with one attached hydrogen (secondary N) is 6. The monoisotopic (exact) mass is 842 g/mol. The molecule has 0 aliphatic rings. The van der Waals surface area contributed by atoms with Crippen LogP contribution in [0.15, 0.2) is 0 Å². The average Bonchev–Trinajstić information content (AvgIpc) is 3.11. The molecule has 0 radical (unpaired) electrons. The number of carboxylic acid groups (broad SMARTS) is 3. The first-order valence-corrected chi connectivity index (χ1v) is 19.8. The molecule has 13 N–H and O–H groups in total. The number of primary amides is 1. The summed E-state index contributed by atoms with van der Waals surface area (Å²) in [6.45, 7) is 14.0. The van der Waals surface area contributed by atoms with Gasteiger partial charge in [-0.3, -0.25) is 43.2 Å². The number of amides is 7. The Morgan fingerprint density at radius 1 is 0.492 bits per heavy atom. The highest BCUT2D eigenvalue weighted by Gasteiger charge is 2.36. The van der Waals surface area contributed by atoms with Gasteiger partial charge in [0.05, 0.1) is 12.5 Å².